The average molecular weight is 263 g/mol. The molecule has 3 nitrogen and oxygen atoms in total. The Bertz CT molecular complexity index is 350. The van der Waals surface area contributed by atoms with Gasteiger partial charge in [-0.05, 0) is 51.0 Å². The Kier molecular flexibility index (Phi) is 3.97. The summed E-state index contributed by atoms with van der Waals surface area (Å²) in [5.74, 6) is 2.29. The predicted octanol–water partition coefficient (Wildman–Crippen LogP) is 1.82. The fourth-order valence-corrected chi connectivity index (χ4v) is 4.16. The topological polar surface area (TPSA) is 27.3 Å². The molecule has 2 fully saturated rings. The third-order valence-corrected chi connectivity index (χ3v) is 5.19. The second-order valence-corrected chi connectivity index (χ2v) is 6.99. The molecule has 0 amide bonds. The van der Waals surface area contributed by atoms with E-state index < -0.39 is 0 Å². The van der Waals surface area contributed by atoms with Crippen molar-refractivity contribution in [3.05, 3.63) is 11.6 Å². The molecule has 2 N–H and O–H groups in total. The zero-order valence-corrected chi connectivity index (χ0v) is 12.7. The molecule has 0 aliphatic carbocycles. The number of fused-ring (bicyclic) bond motifs is 1. The molecule has 4 unspecified atom stereocenters. The van der Waals surface area contributed by atoms with Crippen molar-refractivity contribution in [3.8, 4) is 0 Å². The second kappa shape index (κ2) is 5.55. The second-order valence-electron chi connectivity index (χ2n) is 6.99. The van der Waals surface area contributed by atoms with Crippen molar-refractivity contribution in [2.45, 2.75) is 45.8 Å². The smallest absolute Gasteiger partial charge is 0.0607 e. The number of hydrogen-bond acceptors (Lipinski definition) is 3. The summed E-state index contributed by atoms with van der Waals surface area (Å²) >= 11 is 0. The Balaban J connectivity index is 1.74. The van der Waals surface area contributed by atoms with Crippen molar-refractivity contribution in [2.75, 3.05) is 26.2 Å². The summed E-state index contributed by atoms with van der Waals surface area (Å²) in [6.07, 6.45) is 5.88. The van der Waals surface area contributed by atoms with E-state index in [1.54, 1.807) is 5.57 Å². The molecule has 3 aliphatic heterocycles. The van der Waals surface area contributed by atoms with Crippen LogP contribution in [0.25, 0.3) is 0 Å². The van der Waals surface area contributed by atoms with E-state index in [1.807, 2.05) is 0 Å². The fourth-order valence-electron chi connectivity index (χ4n) is 4.16. The van der Waals surface area contributed by atoms with E-state index in [1.165, 1.54) is 39.0 Å². The minimum Gasteiger partial charge on any atom is -0.302 e. The molecule has 108 valence electrons. The van der Waals surface area contributed by atoms with Gasteiger partial charge in [0.05, 0.1) is 6.17 Å². The van der Waals surface area contributed by atoms with Crippen molar-refractivity contribution < 1.29 is 0 Å². The van der Waals surface area contributed by atoms with E-state index in [0.717, 1.165) is 11.8 Å². The normalized spacial score (nSPS) is 40.3. The highest BCUT2D eigenvalue weighted by molar-refractivity contribution is 5.19. The number of piperidine rings is 1. The molecule has 0 aromatic carbocycles. The van der Waals surface area contributed by atoms with Gasteiger partial charge in [0.1, 0.15) is 0 Å². The van der Waals surface area contributed by atoms with Crippen LogP contribution in [-0.2, 0) is 0 Å². The van der Waals surface area contributed by atoms with Crippen LogP contribution >= 0.6 is 0 Å². The Morgan fingerprint density at radius 1 is 1.32 bits per heavy atom. The maximum atomic E-state index is 3.69. The van der Waals surface area contributed by atoms with Gasteiger partial charge >= 0.3 is 0 Å². The molecular weight excluding hydrogens is 234 g/mol. The average Bonchev–Trinajstić information content (AvgIpc) is 2.81. The van der Waals surface area contributed by atoms with Gasteiger partial charge in [0.25, 0.3) is 0 Å². The van der Waals surface area contributed by atoms with Crippen molar-refractivity contribution in [2.24, 2.45) is 17.8 Å². The molecule has 0 radical (unpaired) electrons. The molecule has 3 heteroatoms. The molecule has 0 aromatic heterocycles. The summed E-state index contributed by atoms with van der Waals surface area (Å²) in [6.45, 7) is 11.8. The Hall–Kier alpha value is -0.380. The number of nitrogens with one attached hydrogen (secondary N) is 2. The van der Waals surface area contributed by atoms with Crippen LogP contribution in [0.15, 0.2) is 11.6 Å². The van der Waals surface area contributed by atoms with Crippen LogP contribution < -0.4 is 10.6 Å². The van der Waals surface area contributed by atoms with Crippen LogP contribution in [0.2, 0.25) is 0 Å². The molecule has 3 aliphatic rings. The molecule has 0 saturated carbocycles. The van der Waals surface area contributed by atoms with Gasteiger partial charge < -0.3 is 10.6 Å². The molecule has 2 saturated heterocycles. The lowest BCUT2D eigenvalue weighted by Crippen LogP contribution is -2.46. The molecule has 0 aromatic rings. The summed E-state index contributed by atoms with van der Waals surface area (Å²) in [5.41, 5.74) is 1.70. The molecule has 19 heavy (non-hydrogen) atoms. The highest BCUT2D eigenvalue weighted by Crippen LogP contribution is 2.35. The molecule has 0 bridgehead atoms. The Morgan fingerprint density at radius 2 is 2.16 bits per heavy atom. The third-order valence-electron chi connectivity index (χ3n) is 5.19. The van der Waals surface area contributed by atoms with E-state index in [9.17, 15) is 0 Å². The van der Waals surface area contributed by atoms with Gasteiger partial charge in [-0.3, -0.25) is 4.90 Å². The minimum absolute atomic E-state index is 0.574. The van der Waals surface area contributed by atoms with Crippen molar-refractivity contribution in [1.82, 2.24) is 15.5 Å². The zero-order valence-electron chi connectivity index (χ0n) is 12.7. The number of nitrogens with zero attached hydrogens (tertiary/aromatic N) is 1. The van der Waals surface area contributed by atoms with Gasteiger partial charge in [-0.15, -0.1) is 0 Å². The van der Waals surface area contributed by atoms with E-state index >= 15 is 0 Å². The highest BCUT2D eigenvalue weighted by atomic mass is 15.2. The van der Waals surface area contributed by atoms with Crippen molar-refractivity contribution in [1.29, 1.82) is 0 Å². The highest BCUT2D eigenvalue weighted by Gasteiger charge is 2.40. The van der Waals surface area contributed by atoms with Crippen molar-refractivity contribution >= 4 is 0 Å². The Labute approximate surface area is 117 Å². The van der Waals surface area contributed by atoms with Gasteiger partial charge in [0, 0.05) is 25.7 Å². The van der Waals surface area contributed by atoms with E-state index in [2.05, 4.69) is 42.4 Å². The summed E-state index contributed by atoms with van der Waals surface area (Å²) in [6, 6.07) is 0.667. The van der Waals surface area contributed by atoms with Gasteiger partial charge in [0.2, 0.25) is 0 Å². The maximum absolute atomic E-state index is 3.69. The fraction of sp³-hybridized carbons (Fsp3) is 0.875. The van der Waals surface area contributed by atoms with E-state index in [-0.39, 0.29) is 0 Å². The number of hydrogen-bond donors (Lipinski definition) is 2. The lowest BCUT2D eigenvalue weighted by molar-refractivity contribution is 0.192. The standard InChI is InChI=1S/C16H29N3/c1-11(2)19-9-12(3)7-13(10-19)15-8-18-16-14(15)5-4-6-17-16/h7,11-12,14-18H,4-6,8-10H2,1-3H3. The summed E-state index contributed by atoms with van der Waals surface area (Å²) in [7, 11) is 0. The van der Waals surface area contributed by atoms with E-state index in [0.29, 0.717) is 18.1 Å². The lowest BCUT2D eigenvalue weighted by Gasteiger charge is -2.38. The summed E-state index contributed by atoms with van der Waals surface area (Å²) in [5, 5.41) is 7.34. The molecular formula is C16H29N3. The minimum atomic E-state index is 0.574. The molecule has 4 atom stereocenters. The molecule has 3 rings (SSSR count). The SMILES string of the molecule is CC1C=C(C2CNC3NCCCC32)CN(C(C)C)C1. The van der Waals surface area contributed by atoms with Gasteiger partial charge in [-0.25, -0.2) is 0 Å². The van der Waals surface area contributed by atoms with Crippen LogP contribution in [0.4, 0.5) is 0 Å². The van der Waals surface area contributed by atoms with Crippen LogP contribution in [0.5, 0.6) is 0 Å². The van der Waals surface area contributed by atoms with Gasteiger partial charge in [-0.1, -0.05) is 18.6 Å². The monoisotopic (exact) mass is 263 g/mol. The van der Waals surface area contributed by atoms with Crippen LogP contribution in [-0.4, -0.2) is 43.3 Å². The zero-order chi connectivity index (χ0) is 13.4. The summed E-state index contributed by atoms with van der Waals surface area (Å²) in [4.78, 5) is 2.64. The van der Waals surface area contributed by atoms with E-state index in [4.69, 9.17) is 0 Å². The van der Waals surface area contributed by atoms with Crippen LogP contribution in [0.3, 0.4) is 0 Å². The largest absolute Gasteiger partial charge is 0.302 e. The summed E-state index contributed by atoms with van der Waals surface area (Å²) < 4.78 is 0. The van der Waals surface area contributed by atoms with Gasteiger partial charge in [0.15, 0.2) is 0 Å². The first-order valence-electron chi connectivity index (χ1n) is 8.06. The molecule has 3 heterocycles. The number of rotatable bonds is 2. The quantitative estimate of drug-likeness (QED) is 0.744. The first-order valence-corrected chi connectivity index (χ1v) is 8.06. The first kappa shape index (κ1) is 13.6. The predicted molar refractivity (Wildman–Crippen MR) is 80.0 cm³/mol. The Morgan fingerprint density at radius 3 is 2.95 bits per heavy atom. The van der Waals surface area contributed by atoms with Gasteiger partial charge in [-0.2, -0.15) is 0 Å². The van der Waals surface area contributed by atoms with Crippen molar-refractivity contribution in [3.63, 3.8) is 0 Å². The third kappa shape index (κ3) is 2.74. The lowest BCUT2D eigenvalue weighted by atomic mass is 9.80. The van der Waals surface area contributed by atoms with Crippen LogP contribution in [0.1, 0.15) is 33.6 Å². The maximum Gasteiger partial charge on any atom is 0.0607 e. The van der Waals surface area contributed by atoms with Crippen LogP contribution in [0, 0.1) is 17.8 Å². The first-order chi connectivity index (χ1) is 9.15. The molecule has 0 spiro atoms.